The molecule has 0 radical (unpaired) electrons. The molecule has 1 aliphatic heterocycles. The van der Waals surface area contributed by atoms with Crippen LogP contribution >= 0.6 is 11.6 Å². The molecular weight excluding hydrogens is 441 g/mol. The Morgan fingerprint density at radius 1 is 1.03 bits per heavy atom. The first-order valence-corrected chi connectivity index (χ1v) is 11.1. The fraction of sp³-hybridized carbons (Fsp3) is 0.350. The normalized spacial score (nSPS) is 15.7. The van der Waals surface area contributed by atoms with Gasteiger partial charge in [-0.2, -0.15) is 17.5 Å². The van der Waals surface area contributed by atoms with Crippen molar-refractivity contribution in [2.45, 2.75) is 36.8 Å². The number of alkyl halides is 3. The molecule has 0 saturated carbocycles. The molecule has 1 amide bonds. The van der Waals surface area contributed by atoms with Crippen LogP contribution in [-0.2, 0) is 27.4 Å². The number of benzene rings is 2. The molecule has 0 aromatic heterocycles. The summed E-state index contributed by atoms with van der Waals surface area (Å²) in [6.45, 7) is 0.840. The van der Waals surface area contributed by atoms with Crippen molar-refractivity contribution in [1.82, 2.24) is 4.31 Å². The highest BCUT2D eigenvalue weighted by Gasteiger charge is 2.30. The highest BCUT2D eigenvalue weighted by molar-refractivity contribution is 7.89. The molecule has 0 spiro atoms. The van der Waals surface area contributed by atoms with E-state index in [2.05, 4.69) is 5.32 Å². The van der Waals surface area contributed by atoms with E-state index < -0.39 is 27.7 Å². The number of anilines is 1. The molecule has 5 nitrogen and oxygen atoms in total. The first-order valence-electron chi connectivity index (χ1n) is 9.33. The van der Waals surface area contributed by atoms with Crippen LogP contribution in [0.1, 0.15) is 30.4 Å². The summed E-state index contributed by atoms with van der Waals surface area (Å²) >= 11 is 6.11. The molecule has 0 atom stereocenters. The monoisotopic (exact) mass is 460 g/mol. The van der Waals surface area contributed by atoms with Gasteiger partial charge in [0, 0.05) is 18.8 Å². The predicted molar refractivity (Wildman–Crippen MR) is 108 cm³/mol. The van der Waals surface area contributed by atoms with Crippen LogP contribution in [0.2, 0.25) is 5.02 Å². The van der Waals surface area contributed by atoms with Crippen LogP contribution in [0.4, 0.5) is 18.9 Å². The summed E-state index contributed by atoms with van der Waals surface area (Å²) in [7, 11) is -3.79. The molecule has 1 N–H and O–H groups in total. The van der Waals surface area contributed by atoms with Crippen LogP contribution in [0, 0.1) is 0 Å². The van der Waals surface area contributed by atoms with Gasteiger partial charge in [-0.05, 0) is 48.7 Å². The lowest BCUT2D eigenvalue weighted by Crippen LogP contribution is -2.35. The predicted octanol–water partition coefficient (Wildman–Crippen LogP) is 4.71. The topological polar surface area (TPSA) is 66.5 Å². The van der Waals surface area contributed by atoms with Gasteiger partial charge < -0.3 is 5.32 Å². The van der Waals surface area contributed by atoms with Gasteiger partial charge in [0.05, 0.1) is 17.0 Å². The number of hydrogen-bond acceptors (Lipinski definition) is 3. The number of rotatable bonds is 5. The van der Waals surface area contributed by atoms with Crippen LogP contribution in [0.5, 0.6) is 0 Å². The second-order valence-corrected chi connectivity index (χ2v) is 9.34. The SMILES string of the molecule is O=C(Cc1ccc(C(F)(F)F)cc1)Nc1ccc(Cl)c(S(=O)(=O)N2CCCCC2)c1. The lowest BCUT2D eigenvalue weighted by Gasteiger charge is -2.26. The minimum Gasteiger partial charge on any atom is -0.326 e. The Morgan fingerprint density at radius 3 is 2.27 bits per heavy atom. The van der Waals surface area contributed by atoms with Crippen molar-refractivity contribution in [3.63, 3.8) is 0 Å². The third-order valence-electron chi connectivity index (χ3n) is 4.79. The summed E-state index contributed by atoms with van der Waals surface area (Å²) in [5.41, 5.74) is -0.153. The molecule has 0 unspecified atom stereocenters. The fourth-order valence-corrected chi connectivity index (χ4v) is 5.24. The van der Waals surface area contributed by atoms with E-state index in [0.717, 1.165) is 31.4 Å². The molecule has 2 aromatic rings. The molecule has 1 fully saturated rings. The molecule has 3 rings (SSSR count). The van der Waals surface area contributed by atoms with Gasteiger partial charge in [0.25, 0.3) is 0 Å². The van der Waals surface area contributed by atoms with Crippen molar-refractivity contribution in [1.29, 1.82) is 0 Å². The minimum absolute atomic E-state index is 0.0568. The second-order valence-electron chi connectivity index (χ2n) is 7.03. The average Bonchev–Trinajstić information content (AvgIpc) is 2.69. The quantitative estimate of drug-likeness (QED) is 0.702. The summed E-state index contributed by atoms with van der Waals surface area (Å²) in [6, 6.07) is 8.46. The Balaban J connectivity index is 1.72. The smallest absolute Gasteiger partial charge is 0.326 e. The lowest BCUT2D eigenvalue weighted by atomic mass is 10.1. The van der Waals surface area contributed by atoms with E-state index in [-0.39, 0.29) is 22.0 Å². The van der Waals surface area contributed by atoms with E-state index in [1.54, 1.807) is 0 Å². The van der Waals surface area contributed by atoms with E-state index in [0.29, 0.717) is 18.7 Å². The minimum atomic E-state index is -4.44. The Kier molecular flexibility index (Phi) is 6.74. The van der Waals surface area contributed by atoms with E-state index in [9.17, 15) is 26.4 Å². The number of carbonyl (C=O) groups excluding carboxylic acids is 1. The van der Waals surface area contributed by atoms with Gasteiger partial charge in [0.2, 0.25) is 15.9 Å². The van der Waals surface area contributed by atoms with Gasteiger partial charge in [-0.3, -0.25) is 4.79 Å². The summed E-state index contributed by atoms with van der Waals surface area (Å²) in [5.74, 6) is -0.488. The van der Waals surface area contributed by atoms with Crippen LogP contribution in [0.25, 0.3) is 0 Å². The number of sulfonamides is 1. The van der Waals surface area contributed by atoms with Crippen molar-refractivity contribution >= 4 is 33.2 Å². The number of hydrogen-bond donors (Lipinski definition) is 1. The second kappa shape index (κ2) is 8.95. The molecule has 2 aromatic carbocycles. The van der Waals surface area contributed by atoms with E-state index in [4.69, 9.17) is 11.6 Å². The van der Waals surface area contributed by atoms with Gasteiger partial charge in [0.15, 0.2) is 0 Å². The third-order valence-corrected chi connectivity index (χ3v) is 7.17. The lowest BCUT2D eigenvalue weighted by molar-refractivity contribution is -0.137. The van der Waals surface area contributed by atoms with E-state index >= 15 is 0 Å². The standard InChI is InChI=1S/C20H20ClF3N2O3S/c21-17-9-8-16(13-18(17)30(28,29)26-10-2-1-3-11-26)25-19(27)12-14-4-6-15(7-5-14)20(22,23)24/h4-9,13H,1-3,10-12H2,(H,25,27). The summed E-state index contributed by atoms with van der Waals surface area (Å²) in [5, 5.41) is 2.63. The van der Waals surface area contributed by atoms with Crippen molar-refractivity contribution in [3.8, 4) is 0 Å². The van der Waals surface area contributed by atoms with Gasteiger partial charge in [-0.1, -0.05) is 30.2 Å². The largest absolute Gasteiger partial charge is 0.416 e. The number of carbonyl (C=O) groups is 1. The highest BCUT2D eigenvalue weighted by Crippen LogP contribution is 2.30. The molecule has 1 heterocycles. The number of nitrogens with one attached hydrogen (secondary N) is 1. The molecule has 162 valence electrons. The van der Waals surface area contributed by atoms with Crippen LogP contribution < -0.4 is 5.32 Å². The summed E-state index contributed by atoms with van der Waals surface area (Å²) in [6.07, 6.45) is -2.07. The highest BCUT2D eigenvalue weighted by atomic mass is 35.5. The first-order chi connectivity index (χ1) is 14.1. The van der Waals surface area contributed by atoms with Crippen molar-refractivity contribution in [2.24, 2.45) is 0 Å². The molecule has 30 heavy (non-hydrogen) atoms. The zero-order valence-corrected chi connectivity index (χ0v) is 17.4. The molecule has 0 aliphatic carbocycles. The van der Waals surface area contributed by atoms with Gasteiger partial charge >= 0.3 is 6.18 Å². The average molecular weight is 461 g/mol. The van der Waals surface area contributed by atoms with Gasteiger partial charge in [0.1, 0.15) is 4.90 Å². The maximum absolute atomic E-state index is 12.9. The van der Waals surface area contributed by atoms with Crippen molar-refractivity contribution in [3.05, 3.63) is 58.6 Å². The van der Waals surface area contributed by atoms with Crippen LogP contribution in [0.15, 0.2) is 47.4 Å². The summed E-state index contributed by atoms with van der Waals surface area (Å²) in [4.78, 5) is 12.2. The molecular formula is C20H20ClF3N2O3S. The molecule has 1 aliphatic rings. The molecule has 0 bridgehead atoms. The van der Waals surface area contributed by atoms with Crippen LogP contribution in [0.3, 0.4) is 0 Å². The number of halogens is 4. The maximum atomic E-state index is 12.9. The van der Waals surface area contributed by atoms with E-state index in [1.807, 2.05) is 0 Å². The summed E-state index contributed by atoms with van der Waals surface area (Å²) < 4.78 is 65.0. The molecule has 10 heteroatoms. The van der Waals surface area contributed by atoms with E-state index in [1.165, 1.54) is 34.6 Å². The Labute approximate surface area is 177 Å². The van der Waals surface area contributed by atoms with Crippen molar-refractivity contribution < 1.29 is 26.4 Å². The maximum Gasteiger partial charge on any atom is 0.416 e. The number of piperidine rings is 1. The van der Waals surface area contributed by atoms with Crippen molar-refractivity contribution in [2.75, 3.05) is 18.4 Å². The zero-order valence-electron chi connectivity index (χ0n) is 15.9. The number of nitrogens with zero attached hydrogens (tertiary/aromatic N) is 1. The first kappa shape index (κ1) is 22.6. The van der Waals surface area contributed by atoms with Gasteiger partial charge in [-0.15, -0.1) is 0 Å². The van der Waals surface area contributed by atoms with Crippen LogP contribution in [-0.4, -0.2) is 31.7 Å². The Morgan fingerprint density at radius 2 is 1.67 bits per heavy atom. The molecule has 1 saturated heterocycles. The Bertz CT molecular complexity index is 1020. The Hall–Kier alpha value is -2.10. The fourth-order valence-electron chi connectivity index (χ4n) is 3.23. The third kappa shape index (κ3) is 5.33. The van der Waals surface area contributed by atoms with Gasteiger partial charge in [-0.25, -0.2) is 8.42 Å². The zero-order chi connectivity index (χ0) is 21.9. The number of amides is 1.